The fraction of sp³-hybridized carbons (Fsp3) is 0.0769. The summed E-state index contributed by atoms with van der Waals surface area (Å²) >= 11 is 12.0. The van der Waals surface area contributed by atoms with Crippen LogP contribution in [0, 0.1) is 0 Å². The van der Waals surface area contributed by atoms with Crippen molar-refractivity contribution in [1.29, 1.82) is 0 Å². The Labute approximate surface area is 126 Å². The van der Waals surface area contributed by atoms with E-state index in [1.165, 1.54) is 0 Å². The number of nitrogens with one attached hydrogen (secondary N) is 1. The van der Waals surface area contributed by atoms with Crippen LogP contribution in [0.5, 0.6) is 0 Å². The van der Waals surface area contributed by atoms with Gasteiger partial charge in [0.1, 0.15) is 5.69 Å². The topological polar surface area (TPSA) is 83.5 Å². The lowest BCUT2D eigenvalue weighted by atomic mass is 10.2. The predicted octanol–water partition coefficient (Wildman–Crippen LogP) is 3.10. The molecule has 0 radical (unpaired) electrons. The molecule has 0 atom stereocenters. The van der Waals surface area contributed by atoms with Gasteiger partial charge in [-0.3, -0.25) is 4.98 Å². The molecule has 0 saturated carbocycles. The third-order valence-electron chi connectivity index (χ3n) is 2.63. The number of oxime groups is 1. The summed E-state index contributed by atoms with van der Waals surface area (Å²) in [6.07, 6.45) is 1.59. The SMILES string of the molecule is NC(=NO)c1cc(CNc2cccc(Cl)c2Cl)ccn1. The molecule has 0 aliphatic rings. The van der Waals surface area contributed by atoms with Crippen molar-refractivity contribution in [3.05, 3.63) is 57.8 Å². The lowest BCUT2D eigenvalue weighted by molar-refractivity contribution is 0.318. The highest BCUT2D eigenvalue weighted by molar-refractivity contribution is 6.43. The maximum atomic E-state index is 8.63. The van der Waals surface area contributed by atoms with Gasteiger partial charge in [-0.15, -0.1) is 0 Å². The van der Waals surface area contributed by atoms with Crippen LogP contribution >= 0.6 is 23.2 Å². The summed E-state index contributed by atoms with van der Waals surface area (Å²) in [5, 5.41) is 15.7. The Morgan fingerprint density at radius 3 is 2.90 bits per heavy atom. The van der Waals surface area contributed by atoms with Crippen molar-refractivity contribution in [3.8, 4) is 0 Å². The second-order valence-electron chi connectivity index (χ2n) is 3.99. The van der Waals surface area contributed by atoms with Gasteiger partial charge in [-0.25, -0.2) is 0 Å². The van der Waals surface area contributed by atoms with Crippen molar-refractivity contribution in [1.82, 2.24) is 4.98 Å². The highest BCUT2D eigenvalue weighted by Gasteiger charge is 2.05. The molecule has 2 aromatic rings. The summed E-state index contributed by atoms with van der Waals surface area (Å²) < 4.78 is 0. The second-order valence-corrected chi connectivity index (χ2v) is 4.77. The molecule has 20 heavy (non-hydrogen) atoms. The molecule has 104 valence electrons. The van der Waals surface area contributed by atoms with Crippen molar-refractivity contribution in [2.75, 3.05) is 5.32 Å². The first-order chi connectivity index (χ1) is 9.61. The first-order valence-electron chi connectivity index (χ1n) is 5.72. The van der Waals surface area contributed by atoms with E-state index in [9.17, 15) is 0 Å². The molecule has 0 spiro atoms. The lowest BCUT2D eigenvalue weighted by Crippen LogP contribution is -2.15. The van der Waals surface area contributed by atoms with Crippen molar-refractivity contribution in [2.24, 2.45) is 10.9 Å². The van der Waals surface area contributed by atoms with Gasteiger partial charge in [0.05, 0.1) is 15.7 Å². The third-order valence-corrected chi connectivity index (χ3v) is 3.45. The van der Waals surface area contributed by atoms with Crippen LogP contribution in [0.4, 0.5) is 5.69 Å². The lowest BCUT2D eigenvalue weighted by Gasteiger charge is -2.10. The molecule has 0 aliphatic carbocycles. The number of nitrogens with zero attached hydrogens (tertiary/aromatic N) is 2. The summed E-state index contributed by atoms with van der Waals surface area (Å²) in [6, 6.07) is 8.91. The zero-order valence-electron chi connectivity index (χ0n) is 10.3. The van der Waals surface area contributed by atoms with E-state index in [1.807, 2.05) is 18.2 Å². The third kappa shape index (κ3) is 3.31. The van der Waals surface area contributed by atoms with Crippen LogP contribution in [0.2, 0.25) is 10.0 Å². The number of hydrogen-bond acceptors (Lipinski definition) is 4. The second kappa shape index (κ2) is 6.45. The van der Waals surface area contributed by atoms with Crippen LogP contribution in [-0.2, 0) is 6.54 Å². The Morgan fingerprint density at radius 1 is 1.35 bits per heavy atom. The van der Waals surface area contributed by atoms with E-state index in [4.69, 9.17) is 34.1 Å². The van der Waals surface area contributed by atoms with Gasteiger partial charge in [0, 0.05) is 12.7 Å². The van der Waals surface area contributed by atoms with Crippen molar-refractivity contribution < 1.29 is 5.21 Å². The molecule has 1 heterocycles. The molecule has 0 unspecified atom stereocenters. The standard InChI is InChI=1S/C13H12Cl2N4O/c14-9-2-1-3-10(12(9)15)18-7-8-4-5-17-11(6-8)13(16)19-20/h1-6,18,20H,7H2,(H2,16,19). The normalized spacial score (nSPS) is 11.4. The number of halogens is 2. The van der Waals surface area contributed by atoms with Gasteiger partial charge in [0.25, 0.3) is 0 Å². The van der Waals surface area contributed by atoms with Crippen molar-refractivity contribution >= 4 is 34.7 Å². The zero-order chi connectivity index (χ0) is 14.5. The molecular formula is C13H12Cl2N4O. The molecular weight excluding hydrogens is 299 g/mol. The van der Waals surface area contributed by atoms with E-state index in [1.54, 1.807) is 18.3 Å². The summed E-state index contributed by atoms with van der Waals surface area (Å²) in [4.78, 5) is 4.01. The Bertz CT molecular complexity index is 646. The number of anilines is 1. The molecule has 7 heteroatoms. The van der Waals surface area contributed by atoms with Crippen molar-refractivity contribution in [2.45, 2.75) is 6.54 Å². The van der Waals surface area contributed by atoms with Gasteiger partial charge in [-0.05, 0) is 29.8 Å². The number of rotatable bonds is 4. The maximum Gasteiger partial charge on any atom is 0.188 e. The molecule has 4 N–H and O–H groups in total. The molecule has 0 fully saturated rings. The smallest absolute Gasteiger partial charge is 0.188 e. The summed E-state index contributed by atoms with van der Waals surface area (Å²) in [5.41, 5.74) is 7.55. The largest absolute Gasteiger partial charge is 0.409 e. The minimum atomic E-state index is -0.0346. The molecule has 0 bridgehead atoms. The van der Waals surface area contributed by atoms with E-state index in [0.717, 1.165) is 11.3 Å². The van der Waals surface area contributed by atoms with Gasteiger partial charge in [0.2, 0.25) is 0 Å². The van der Waals surface area contributed by atoms with E-state index >= 15 is 0 Å². The minimum Gasteiger partial charge on any atom is -0.409 e. The molecule has 0 aliphatic heterocycles. The minimum absolute atomic E-state index is 0.0346. The number of pyridine rings is 1. The summed E-state index contributed by atoms with van der Waals surface area (Å²) in [7, 11) is 0. The number of aromatic nitrogens is 1. The molecule has 0 amide bonds. The van der Waals surface area contributed by atoms with E-state index < -0.39 is 0 Å². The first-order valence-corrected chi connectivity index (χ1v) is 6.48. The van der Waals surface area contributed by atoms with E-state index in [-0.39, 0.29) is 5.84 Å². The predicted molar refractivity (Wildman–Crippen MR) is 80.5 cm³/mol. The quantitative estimate of drug-likeness (QED) is 0.351. The zero-order valence-corrected chi connectivity index (χ0v) is 11.9. The van der Waals surface area contributed by atoms with Gasteiger partial charge in [0.15, 0.2) is 5.84 Å². The van der Waals surface area contributed by atoms with Crippen LogP contribution in [0.25, 0.3) is 0 Å². The molecule has 5 nitrogen and oxygen atoms in total. The highest BCUT2D eigenvalue weighted by Crippen LogP contribution is 2.29. The maximum absolute atomic E-state index is 8.63. The average molecular weight is 311 g/mol. The van der Waals surface area contributed by atoms with Crippen LogP contribution in [0.1, 0.15) is 11.3 Å². The van der Waals surface area contributed by atoms with E-state index in [0.29, 0.717) is 22.3 Å². The molecule has 0 saturated heterocycles. The summed E-state index contributed by atoms with van der Waals surface area (Å²) in [5.74, 6) is -0.0346. The highest BCUT2D eigenvalue weighted by atomic mass is 35.5. The fourth-order valence-electron chi connectivity index (χ4n) is 1.61. The van der Waals surface area contributed by atoms with Crippen LogP contribution < -0.4 is 11.1 Å². The number of nitrogens with two attached hydrogens (primary N) is 1. The first kappa shape index (κ1) is 14.4. The van der Waals surface area contributed by atoms with Crippen molar-refractivity contribution in [3.63, 3.8) is 0 Å². The summed E-state index contributed by atoms with van der Waals surface area (Å²) in [6.45, 7) is 0.508. The van der Waals surface area contributed by atoms with Crippen LogP contribution in [-0.4, -0.2) is 16.0 Å². The fourth-order valence-corrected chi connectivity index (χ4v) is 1.98. The molecule has 1 aromatic carbocycles. The number of benzene rings is 1. The average Bonchev–Trinajstić information content (AvgIpc) is 2.48. The van der Waals surface area contributed by atoms with E-state index in [2.05, 4.69) is 15.5 Å². The van der Waals surface area contributed by atoms with Crippen LogP contribution in [0.3, 0.4) is 0 Å². The van der Waals surface area contributed by atoms with Gasteiger partial charge < -0.3 is 16.3 Å². The molecule has 2 rings (SSSR count). The molecule has 1 aromatic heterocycles. The number of hydrogen-bond donors (Lipinski definition) is 3. The Hall–Kier alpha value is -1.98. The van der Waals surface area contributed by atoms with Crippen LogP contribution in [0.15, 0.2) is 41.7 Å². The Kier molecular flexibility index (Phi) is 4.65. The monoisotopic (exact) mass is 310 g/mol. The van der Waals surface area contributed by atoms with Gasteiger partial charge in [-0.2, -0.15) is 0 Å². The van der Waals surface area contributed by atoms with Gasteiger partial charge in [-0.1, -0.05) is 34.4 Å². The number of amidine groups is 1. The van der Waals surface area contributed by atoms with Gasteiger partial charge >= 0.3 is 0 Å². The Balaban J connectivity index is 2.13. The Morgan fingerprint density at radius 2 is 2.15 bits per heavy atom.